The zero-order chi connectivity index (χ0) is 10.2. The molecule has 1 unspecified atom stereocenters. The van der Waals surface area contributed by atoms with E-state index in [-0.39, 0.29) is 12.4 Å². The molecule has 0 radical (unpaired) electrons. The van der Waals surface area contributed by atoms with Crippen molar-refractivity contribution in [1.82, 2.24) is 5.32 Å². The Morgan fingerprint density at radius 1 is 1.25 bits per heavy atom. The normalized spacial score (nSPS) is 29.7. The molecular formula is C10H14ClN. The maximum Gasteiger partial charge on any atom is 0.0431 e. The average molecular weight is 190 g/mol. The van der Waals surface area contributed by atoms with E-state index in [0.717, 1.165) is 12.0 Å². The molecule has 1 atom stereocenters. The number of benzene rings is 1. The standard InChI is InChI=1S/C10H13N.ClH/c1-2-4-10-6-8-11-7-5-9(10)3-1;/h1-4,11H,5-8H2;1H/i5T2,7T;. The Kier molecular flexibility index (Phi) is 2.24. The fourth-order valence-electron chi connectivity index (χ4n) is 1.29. The minimum atomic E-state index is -1.59. The fourth-order valence-corrected chi connectivity index (χ4v) is 1.29. The van der Waals surface area contributed by atoms with Crippen LogP contribution >= 0.6 is 12.4 Å². The van der Waals surface area contributed by atoms with Gasteiger partial charge in [-0.25, -0.2) is 0 Å². The van der Waals surface area contributed by atoms with Crippen molar-refractivity contribution in [2.75, 3.05) is 13.1 Å². The fraction of sp³-hybridized carbons (Fsp3) is 0.400. The number of halogens is 1. The van der Waals surface area contributed by atoms with Crippen molar-refractivity contribution >= 4 is 12.4 Å². The molecule has 0 aromatic heterocycles. The molecule has 1 aromatic rings. The predicted molar refractivity (Wildman–Crippen MR) is 54.0 cm³/mol. The molecule has 0 saturated carbocycles. The monoisotopic (exact) mass is 189 g/mol. The molecule has 0 aliphatic carbocycles. The Morgan fingerprint density at radius 3 is 2.83 bits per heavy atom. The lowest BCUT2D eigenvalue weighted by molar-refractivity contribution is 0.711. The first-order valence-corrected chi connectivity index (χ1v) is 3.86. The second-order valence-corrected chi connectivity index (χ2v) is 2.65. The molecule has 0 saturated heterocycles. The van der Waals surface area contributed by atoms with Gasteiger partial charge in [0.15, 0.2) is 0 Å². The Morgan fingerprint density at radius 2 is 2.00 bits per heavy atom. The smallest absolute Gasteiger partial charge is 0.0431 e. The molecule has 1 aliphatic heterocycles. The highest BCUT2D eigenvalue weighted by Gasteiger charge is 2.04. The number of hydrogen-bond donors (Lipinski definition) is 1. The quantitative estimate of drug-likeness (QED) is 0.657. The van der Waals surface area contributed by atoms with Crippen LogP contribution in [0.2, 0.25) is 0 Å². The van der Waals surface area contributed by atoms with Gasteiger partial charge in [0.25, 0.3) is 0 Å². The van der Waals surface area contributed by atoms with Crippen LogP contribution in [0.5, 0.6) is 0 Å². The van der Waals surface area contributed by atoms with Gasteiger partial charge in [-0.2, -0.15) is 0 Å². The zero-order valence-corrected chi connectivity index (χ0v) is 7.53. The first kappa shape index (κ1) is 6.01. The molecule has 1 heterocycles. The van der Waals surface area contributed by atoms with Crippen molar-refractivity contribution in [1.29, 1.82) is 0 Å². The van der Waals surface area contributed by atoms with E-state index in [2.05, 4.69) is 5.32 Å². The topological polar surface area (TPSA) is 12.0 Å². The number of rotatable bonds is 0. The maximum absolute atomic E-state index is 7.87. The van der Waals surface area contributed by atoms with Crippen LogP contribution in [0.1, 0.15) is 15.2 Å². The van der Waals surface area contributed by atoms with Crippen molar-refractivity contribution < 1.29 is 4.11 Å². The third-order valence-corrected chi connectivity index (χ3v) is 1.89. The largest absolute Gasteiger partial charge is 0.316 e. The van der Waals surface area contributed by atoms with E-state index in [0.29, 0.717) is 12.1 Å². The molecule has 0 amide bonds. The summed E-state index contributed by atoms with van der Waals surface area (Å²) >= 11 is 0. The molecule has 66 valence electrons. The summed E-state index contributed by atoms with van der Waals surface area (Å²) < 4.78 is 23.4. The van der Waals surface area contributed by atoms with Crippen LogP contribution in [0, 0.1) is 0 Å². The third kappa shape index (κ3) is 1.99. The minimum absolute atomic E-state index is 0. The van der Waals surface area contributed by atoms with Crippen LogP contribution in [-0.2, 0) is 12.8 Å². The second kappa shape index (κ2) is 4.48. The molecule has 1 aromatic carbocycles. The van der Waals surface area contributed by atoms with Crippen molar-refractivity contribution in [3.05, 3.63) is 35.4 Å². The van der Waals surface area contributed by atoms with Gasteiger partial charge in [0.05, 0.1) is 0 Å². The van der Waals surface area contributed by atoms with Crippen molar-refractivity contribution in [2.45, 2.75) is 12.8 Å². The molecule has 0 fully saturated rings. The van der Waals surface area contributed by atoms with Crippen LogP contribution in [0.3, 0.4) is 0 Å². The predicted octanol–water partition coefficient (Wildman–Crippen LogP) is 1.80. The summed E-state index contributed by atoms with van der Waals surface area (Å²) in [4.78, 5) is 0. The van der Waals surface area contributed by atoms with Gasteiger partial charge in [-0.1, -0.05) is 24.3 Å². The van der Waals surface area contributed by atoms with Gasteiger partial charge in [-0.15, -0.1) is 12.4 Å². The molecule has 0 bridgehead atoms. The highest BCUT2D eigenvalue weighted by Crippen LogP contribution is 2.11. The first-order valence-electron chi connectivity index (χ1n) is 5.44. The number of hydrogen-bond acceptors (Lipinski definition) is 1. The van der Waals surface area contributed by atoms with Crippen molar-refractivity contribution in [3.63, 3.8) is 0 Å². The lowest BCUT2D eigenvalue weighted by atomic mass is 10.0. The van der Waals surface area contributed by atoms with Crippen molar-refractivity contribution in [2.24, 2.45) is 0 Å². The summed E-state index contributed by atoms with van der Waals surface area (Å²) in [5, 5.41) is 2.87. The van der Waals surface area contributed by atoms with E-state index in [4.69, 9.17) is 4.11 Å². The zero-order valence-electron chi connectivity index (χ0n) is 9.71. The van der Waals surface area contributed by atoms with Crippen molar-refractivity contribution in [3.8, 4) is 0 Å². The highest BCUT2D eigenvalue weighted by molar-refractivity contribution is 5.85. The summed E-state index contributed by atoms with van der Waals surface area (Å²) in [6.45, 7) is -0.198. The van der Waals surface area contributed by atoms with Crippen LogP contribution in [0.15, 0.2) is 24.3 Å². The van der Waals surface area contributed by atoms with E-state index < -0.39 is 12.9 Å². The van der Waals surface area contributed by atoms with E-state index in [9.17, 15) is 0 Å². The summed E-state index contributed by atoms with van der Waals surface area (Å²) in [5.74, 6) is 0. The van der Waals surface area contributed by atoms with E-state index >= 15 is 0 Å². The third-order valence-electron chi connectivity index (χ3n) is 1.89. The van der Waals surface area contributed by atoms with Gasteiger partial charge >= 0.3 is 0 Å². The van der Waals surface area contributed by atoms with Crippen LogP contribution < -0.4 is 5.32 Å². The molecule has 0 spiro atoms. The Bertz CT molecular complexity index is 343. The SMILES string of the molecule is Cl.[3H]C1NCCc2ccccc2C1([3H])[3H]. The average Bonchev–Trinajstić information content (AvgIpc) is 2.27. The van der Waals surface area contributed by atoms with Crippen LogP contribution in [-0.4, -0.2) is 13.1 Å². The van der Waals surface area contributed by atoms with Crippen LogP contribution in [0.25, 0.3) is 0 Å². The second-order valence-electron chi connectivity index (χ2n) is 2.65. The summed E-state index contributed by atoms with van der Waals surface area (Å²) in [5.41, 5.74) is 1.67. The Hall–Kier alpha value is -0.530. The molecule has 12 heavy (non-hydrogen) atoms. The number of aryl methyl sites for hydroxylation is 1. The first-order chi connectivity index (χ1) is 6.62. The molecule has 1 nitrogen and oxygen atoms in total. The van der Waals surface area contributed by atoms with Gasteiger partial charge in [0.1, 0.15) is 0 Å². The Labute approximate surface area is 83.8 Å². The number of nitrogens with one attached hydrogen (secondary N) is 1. The lowest BCUT2D eigenvalue weighted by Crippen LogP contribution is -2.16. The summed E-state index contributed by atoms with van der Waals surface area (Å²) in [7, 11) is 0. The minimum Gasteiger partial charge on any atom is -0.316 e. The summed E-state index contributed by atoms with van der Waals surface area (Å²) in [6.07, 6.45) is -0.793. The van der Waals surface area contributed by atoms with Gasteiger partial charge < -0.3 is 5.32 Å². The van der Waals surface area contributed by atoms with Gasteiger partial charge in [0.2, 0.25) is 0 Å². The molecule has 1 N–H and O–H groups in total. The molecule has 2 rings (SSSR count). The summed E-state index contributed by atoms with van der Waals surface area (Å²) in [6, 6.07) is 7.46. The maximum atomic E-state index is 7.87. The van der Waals surface area contributed by atoms with Gasteiger partial charge in [0, 0.05) is 4.11 Å². The van der Waals surface area contributed by atoms with Crippen LogP contribution in [0.4, 0.5) is 0 Å². The molecule has 1 aliphatic rings. The highest BCUT2D eigenvalue weighted by atomic mass is 35.5. The lowest BCUT2D eigenvalue weighted by Gasteiger charge is -2.01. The molecular weight excluding hydrogens is 170 g/mol. The van der Waals surface area contributed by atoms with E-state index in [1.807, 2.05) is 18.2 Å². The van der Waals surface area contributed by atoms with Gasteiger partial charge in [-0.3, -0.25) is 0 Å². The molecule has 2 heteroatoms. The van der Waals surface area contributed by atoms with E-state index in [1.165, 1.54) is 0 Å². The Balaban J connectivity index is 0.00000112. The number of fused-ring (bicyclic) bond motifs is 1. The van der Waals surface area contributed by atoms with E-state index in [1.54, 1.807) is 6.07 Å². The van der Waals surface area contributed by atoms with Gasteiger partial charge in [-0.05, 0) is 37.0 Å².